The number of nitrogens with one attached hydrogen (secondary N) is 2. The number of hydrogen-bond donors (Lipinski definition) is 2. The fourth-order valence-electron chi connectivity index (χ4n) is 1.09. The minimum absolute atomic E-state index is 0.625. The van der Waals surface area contributed by atoms with Gasteiger partial charge in [0.05, 0.1) is 5.51 Å². The van der Waals surface area contributed by atoms with Gasteiger partial charge in [-0.2, -0.15) is 0 Å². The van der Waals surface area contributed by atoms with E-state index in [1.165, 1.54) is 11.3 Å². The molecule has 1 aromatic rings. The van der Waals surface area contributed by atoms with Gasteiger partial charge in [0.15, 0.2) is 0 Å². The molecule has 1 unspecified atom stereocenters. The van der Waals surface area contributed by atoms with Crippen LogP contribution in [-0.2, 0) is 6.54 Å². The molecule has 1 aromatic heterocycles. The first-order valence-electron chi connectivity index (χ1n) is 5.14. The Labute approximate surface area is 89.9 Å². The third-order valence-electron chi connectivity index (χ3n) is 2.19. The van der Waals surface area contributed by atoms with Crippen LogP contribution >= 0.6 is 11.3 Å². The standard InChI is InChI=1S/C10H19N3S/c1-3-9(2)13-5-4-11-6-10-7-12-8-14-10/h7-9,11,13H,3-6H2,1-2H3. The normalized spacial score (nSPS) is 13.0. The van der Waals surface area contributed by atoms with Gasteiger partial charge in [0.1, 0.15) is 0 Å². The molecule has 0 fully saturated rings. The van der Waals surface area contributed by atoms with Crippen LogP contribution in [0.15, 0.2) is 11.7 Å². The molecule has 0 aliphatic heterocycles. The van der Waals surface area contributed by atoms with Crippen molar-refractivity contribution in [1.82, 2.24) is 15.6 Å². The Balaban J connectivity index is 1.95. The maximum atomic E-state index is 4.03. The van der Waals surface area contributed by atoms with Crippen molar-refractivity contribution in [2.24, 2.45) is 0 Å². The number of nitrogens with zero attached hydrogens (tertiary/aromatic N) is 1. The van der Waals surface area contributed by atoms with Crippen LogP contribution in [0.3, 0.4) is 0 Å². The van der Waals surface area contributed by atoms with Crippen LogP contribution in [0, 0.1) is 0 Å². The van der Waals surface area contributed by atoms with E-state index in [9.17, 15) is 0 Å². The Bertz CT molecular complexity index is 223. The van der Waals surface area contributed by atoms with E-state index in [4.69, 9.17) is 0 Å². The zero-order chi connectivity index (χ0) is 10.2. The van der Waals surface area contributed by atoms with Crippen molar-refractivity contribution >= 4 is 11.3 Å². The molecule has 2 N–H and O–H groups in total. The van der Waals surface area contributed by atoms with E-state index in [2.05, 4.69) is 29.5 Å². The van der Waals surface area contributed by atoms with E-state index in [-0.39, 0.29) is 0 Å². The molecule has 0 radical (unpaired) electrons. The summed E-state index contributed by atoms with van der Waals surface area (Å²) in [6, 6.07) is 0.625. The molecule has 0 saturated carbocycles. The van der Waals surface area contributed by atoms with E-state index in [0.29, 0.717) is 6.04 Å². The first-order chi connectivity index (χ1) is 6.83. The van der Waals surface area contributed by atoms with E-state index < -0.39 is 0 Å². The van der Waals surface area contributed by atoms with Gasteiger partial charge in [0.25, 0.3) is 0 Å². The summed E-state index contributed by atoms with van der Waals surface area (Å²) in [4.78, 5) is 5.33. The Morgan fingerprint density at radius 3 is 3.00 bits per heavy atom. The van der Waals surface area contributed by atoms with Crippen molar-refractivity contribution in [2.75, 3.05) is 13.1 Å². The van der Waals surface area contributed by atoms with Crippen LogP contribution in [0.5, 0.6) is 0 Å². The van der Waals surface area contributed by atoms with Gasteiger partial charge >= 0.3 is 0 Å². The maximum absolute atomic E-state index is 4.03. The maximum Gasteiger partial charge on any atom is 0.0794 e. The predicted molar refractivity (Wildman–Crippen MR) is 61.6 cm³/mol. The second-order valence-corrected chi connectivity index (χ2v) is 4.38. The second-order valence-electron chi connectivity index (χ2n) is 3.41. The Kier molecular flexibility index (Phi) is 5.75. The summed E-state index contributed by atoms with van der Waals surface area (Å²) in [5, 5.41) is 6.81. The number of hydrogen-bond acceptors (Lipinski definition) is 4. The minimum Gasteiger partial charge on any atom is -0.313 e. The fourth-order valence-corrected chi connectivity index (χ4v) is 1.66. The largest absolute Gasteiger partial charge is 0.313 e. The van der Waals surface area contributed by atoms with Crippen molar-refractivity contribution < 1.29 is 0 Å². The summed E-state index contributed by atoms with van der Waals surface area (Å²) < 4.78 is 0. The number of rotatable bonds is 7. The molecule has 80 valence electrons. The van der Waals surface area contributed by atoms with E-state index in [0.717, 1.165) is 19.6 Å². The highest BCUT2D eigenvalue weighted by atomic mass is 32.1. The number of aromatic nitrogens is 1. The highest BCUT2D eigenvalue weighted by Crippen LogP contribution is 2.03. The smallest absolute Gasteiger partial charge is 0.0794 e. The Hall–Kier alpha value is -0.450. The first-order valence-corrected chi connectivity index (χ1v) is 6.02. The molecular weight excluding hydrogens is 194 g/mol. The molecule has 0 amide bonds. The molecule has 1 atom stereocenters. The summed E-state index contributed by atoms with van der Waals surface area (Å²) in [5.41, 5.74) is 1.87. The SMILES string of the molecule is CCC(C)NCCNCc1cncs1. The topological polar surface area (TPSA) is 37.0 Å². The van der Waals surface area contributed by atoms with Gasteiger partial charge in [-0.25, -0.2) is 0 Å². The molecule has 14 heavy (non-hydrogen) atoms. The highest BCUT2D eigenvalue weighted by Gasteiger charge is 1.96. The minimum atomic E-state index is 0.625. The second kappa shape index (κ2) is 6.92. The highest BCUT2D eigenvalue weighted by molar-refractivity contribution is 7.09. The van der Waals surface area contributed by atoms with E-state index in [1.807, 2.05) is 11.7 Å². The summed E-state index contributed by atoms with van der Waals surface area (Å²) in [6.45, 7) is 7.40. The lowest BCUT2D eigenvalue weighted by molar-refractivity contribution is 0.517. The Morgan fingerprint density at radius 1 is 1.50 bits per heavy atom. The average Bonchev–Trinajstić information content (AvgIpc) is 2.69. The first kappa shape index (κ1) is 11.6. The molecule has 0 aliphatic carbocycles. The lowest BCUT2D eigenvalue weighted by Gasteiger charge is -2.10. The van der Waals surface area contributed by atoms with Gasteiger partial charge in [-0.1, -0.05) is 6.92 Å². The van der Waals surface area contributed by atoms with Crippen molar-refractivity contribution in [1.29, 1.82) is 0 Å². The summed E-state index contributed by atoms with van der Waals surface area (Å²) in [5.74, 6) is 0. The van der Waals surface area contributed by atoms with Gasteiger partial charge in [-0.05, 0) is 13.3 Å². The monoisotopic (exact) mass is 213 g/mol. The molecule has 0 bridgehead atoms. The quantitative estimate of drug-likeness (QED) is 0.676. The van der Waals surface area contributed by atoms with Gasteiger partial charge in [-0.3, -0.25) is 4.98 Å². The molecule has 3 nitrogen and oxygen atoms in total. The van der Waals surface area contributed by atoms with Crippen molar-refractivity contribution in [3.63, 3.8) is 0 Å². The Morgan fingerprint density at radius 2 is 2.36 bits per heavy atom. The fraction of sp³-hybridized carbons (Fsp3) is 0.700. The molecule has 4 heteroatoms. The third kappa shape index (κ3) is 4.69. The third-order valence-corrected chi connectivity index (χ3v) is 2.97. The van der Waals surface area contributed by atoms with Gasteiger partial charge in [-0.15, -0.1) is 11.3 Å². The molecule has 1 heterocycles. The lowest BCUT2D eigenvalue weighted by Crippen LogP contribution is -2.32. The molecule has 0 aliphatic rings. The van der Waals surface area contributed by atoms with E-state index >= 15 is 0 Å². The van der Waals surface area contributed by atoms with E-state index in [1.54, 1.807) is 11.3 Å². The van der Waals surface area contributed by atoms with Crippen LogP contribution in [0.2, 0.25) is 0 Å². The zero-order valence-electron chi connectivity index (χ0n) is 8.92. The predicted octanol–water partition coefficient (Wildman–Crippen LogP) is 1.62. The zero-order valence-corrected chi connectivity index (χ0v) is 9.73. The van der Waals surface area contributed by atoms with Gasteiger partial charge in [0.2, 0.25) is 0 Å². The van der Waals surface area contributed by atoms with Crippen LogP contribution in [0.1, 0.15) is 25.1 Å². The van der Waals surface area contributed by atoms with Crippen molar-refractivity contribution in [2.45, 2.75) is 32.9 Å². The summed E-state index contributed by atoms with van der Waals surface area (Å²) >= 11 is 1.70. The van der Waals surface area contributed by atoms with Crippen molar-refractivity contribution in [3.8, 4) is 0 Å². The van der Waals surface area contributed by atoms with Crippen LogP contribution in [-0.4, -0.2) is 24.1 Å². The molecule has 0 saturated heterocycles. The average molecular weight is 213 g/mol. The summed E-state index contributed by atoms with van der Waals surface area (Å²) in [6.07, 6.45) is 3.11. The van der Waals surface area contributed by atoms with Crippen LogP contribution < -0.4 is 10.6 Å². The molecule has 0 spiro atoms. The summed E-state index contributed by atoms with van der Waals surface area (Å²) in [7, 11) is 0. The van der Waals surface area contributed by atoms with Crippen LogP contribution in [0.25, 0.3) is 0 Å². The molecule has 1 rings (SSSR count). The van der Waals surface area contributed by atoms with Crippen molar-refractivity contribution in [3.05, 3.63) is 16.6 Å². The lowest BCUT2D eigenvalue weighted by atomic mass is 10.3. The number of thiazole rings is 1. The van der Waals surface area contributed by atoms with Gasteiger partial charge < -0.3 is 10.6 Å². The van der Waals surface area contributed by atoms with Gasteiger partial charge in [0, 0.05) is 36.8 Å². The molecular formula is C10H19N3S. The molecule has 0 aromatic carbocycles. The van der Waals surface area contributed by atoms with Crippen LogP contribution in [0.4, 0.5) is 0 Å².